The van der Waals surface area contributed by atoms with Gasteiger partial charge >= 0.3 is 17.1 Å². The van der Waals surface area contributed by atoms with Gasteiger partial charge in [0.2, 0.25) is 0 Å². The van der Waals surface area contributed by atoms with Crippen LogP contribution in [0.3, 0.4) is 0 Å². The zero-order valence-electron chi connectivity index (χ0n) is 36.9. The summed E-state index contributed by atoms with van der Waals surface area (Å²) in [5.41, 5.74) is 0. The van der Waals surface area contributed by atoms with Crippen LogP contribution in [0.25, 0.3) is 0 Å². The molecule has 0 saturated carbocycles. The number of nitrogens with zero attached hydrogens (tertiary/aromatic N) is 1. The summed E-state index contributed by atoms with van der Waals surface area (Å²) in [7, 11) is -10.8. The van der Waals surface area contributed by atoms with Crippen LogP contribution in [0.2, 0.25) is 104 Å². The molecule has 2 atom stereocenters. The molecular weight excluding hydrogens is 797 g/mol. The SMILES string of the molecule is C[Si](C)(C)O[Si](C)(CCCOCC(O)CN(CCO)CCO)O[Si](C)(C)C.C[Si](C)(C)O[Si](C)(CCCOCC1CO1)O[Si](C)(C)C.OCCNCCO. The first kappa shape index (κ1) is 56.8. The van der Waals surface area contributed by atoms with Crippen molar-refractivity contribution in [2.75, 3.05) is 92.2 Å². The van der Waals surface area contributed by atoms with Gasteiger partial charge in [0.05, 0.1) is 52.4 Å². The number of hydrogen-bond donors (Lipinski definition) is 6. The van der Waals surface area contributed by atoms with Gasteiger partial charge in [0.1, 0.15) is 6.10 Å². The fourth-order valence-corrected chi connectivity index (χ4v) is 30.7. The Morgan fingerprint density at radius 2 is 0.981 bits per heavy atom. The molecule has 0 spiro atoms. The molecule has 1 aliphatic rings. The predicted molar refractivity (Wildman–Crippen MR) is 235 cm³/mol. The molecule has 1 rings (SSSR count). The van der Waals surface area contributed by atoms with E-state index in [9.17, 15) is 5.11 Å². The molecule has 0 aromatic heterocycles. The van der Waals surface area contributed by atoms with E-state index in [-0.39, 0.29) is 33.0 Å². The summed E-state index contributed by atoms with van der Waals surface area (Å²) >= 11 is 0. The molecule has 1 saturated heterocycles. The van der Waals surface area contributed by atoms with Crippen molar-refractivity contribution in [3.8, 4) is 0 Å². The average molecular weight is 884 g/mol. The van der Waals surface area contributed by atoms with E-state index < -0.39 is 56.5 Å². The second-order valence-electron chi connectivity index (χ2n) is 18.0. The Labute approximate surface area is 336 Å². The lowest BCUT2D eigenvalue weighted by molar-refractivity contribution is 0.0113. The second-order valence-corrected chi connectivity index (χ2v) is 43.7. The van der Waals surface area contributed by atoms with E-state index in [1.54, 1.807) is 0 Å². The molecule has 0 aromatic carbocycles. The first-order valence-corrected chi connectivity index (χ1v) is 38.5. The Kier molecular flexibility index (Phi) is 30.6. The van der Waals surface area contributed by atoms with E-state index in [4.69, 9.17) is 51.1 Å². The lowest BCUT2D eigenvalue weighted by atomic mass is 10.3. The Bertz CT molecular complexity index is 862. The molecule has 0 aromatic rings. The van der Waals surface area contributed by atoms with Gasteiger partial charge in [0.15, 0.2) is 33.3 Å². The first-order chi connectivity index (χ1) is 24.7. The largest absolute Gasteiger partial charge is 0.437 e. The fraction of sp³-hybridized carbons (Fsp3) is 1.00. The molecule has 54 heavy (non-hydrogen) atoms. The normalized spacial score (nSPS) is 16.1. The molecule has 14 nitrogen and oxygen atoms in total. The van der Waals surface area contributed by atoms with E-state index in [0.717, 1.165) is 44.8 Å². The van der Waals surface area contributed by atoms with Crippen LogP contribution < -0.4 is 5.32 Å². The second kappa shape index (κ2) is 29.0. The predicted octanol–water partition coefficient (Wildman–Crippen LogP) is 3.94. The lowest BCUT2D eigenvalue weighted by Crippen LogP contribution is -2.52. The maximum absolute atomic E-state index is 10.1. The Morgan fingerprint density at radius 3 is 1.30 bits per heavy atom. The number of epoxide rings is 1. The van der Waals surface area contributed by atoms with Crippen molar-refractivity contribution in [3.63, 3.8) is 0 Å². The van der Waals surface area contributed by atoms with E-state index >= 15 is 0 Å². The minimum absolute atomic E-state index is 0.00493. The molecule has 6 N–H and O–H groups in total. The summed E-state index contributed by atoms with van der Waals surface area (Å²) in [5.74, 6) is 0. The number of rotatable bonds is 30. The van der Waals surface area contributed by atoms with Gasteiger partial charge < -0.3 is 61.5 Å². The zero-order valence-corrected chi connectivity index (χ0v) is 42.9. The molecule has 0 aliphatic carbocycles. The first-order valence-electron chi connectivity index (χ1n) is 19.8. The number of hydrogen-bond acceptors (Lipinski definition) is 14. The molecule has 2 unspecified atom stereocenters. The number of ether oxygens (including phenoxy) is 3. The highest BCUT2D eigenvalue weighted by molar-refractivity contribution is 6.88. The average Bonchev–Trinajstić information content (AvgIpc) is 3.78. The fourth-order valence-electron chi connectivity index (χ4n) is 5.64. The van der Waals surface area contributed by atoms with E-state index in [2.05, 4.69) is 97.0 Å². The summed E-state index contributed by atoms with van der Waals surface area (Å²) in [6, 6.07) is 1.91. The topological polar surface area (TPSA) is 184 Å². The quantitative estimate of drug-likeness (QED) is 0.0347. The smallest absolute Gasteiger partial charge is 0.314 e. The van der Waals surface area contributed by atoms with Crippen LogP contribution in [-0.2, 0) is 30.7 Å². The van der Waals surface area contributed by atoms with Crippen LogP contribution in [0.5, 0.6) is 0 Å². The number of aliphatic hydroxyl groups is 5. The van der Waals surface area contributed by atoms with Gasteiger partial charge in [0.25, 0.3) is 0 Å². The molecule has 1 aliphatic heterocycles. The Balaban J connectivity index is 0. The molecule has 0 bridgehead atoms. The zero-order chi connectivity index (χ0) is 42.1. The lowest BCUT2D eigenvalue weighted by Gasteiger charge is -2.38. The van der Waals surface area contributed by atoms with Gasteiger partial charge in [-0.15, -0.1) is 0 Å². The summed E-state index contributed by atoms with van der Waals surface area (Å²) < 4.78 is 42.2. The molecular formula is C34H86N2O12Si6. The van der Waals surface area contributed by atoms with Gasteiger partial charge in [-0.1, -0.05) is 0 Å². The minimum Gasteiger partial charge on any atom is -0.437 e. The maximum Gasteiger partial charge on any atom is 0.314 e. The summed E-state index contributed by atoms with van der Waals surface area (Å²) in [5, 5.41) is 47.2. The van der Waals surface area contributed by atoms with E-state index in [1.165, 1.54) is 0 Å². The van der Waals surface area contributed by atoms with Crippen molar-refractivity contribution in [1.29, 1.82) is 0 Å². The minimum atomic E-state index is -2.23. The highest BCUT2D eigenvalue weighted by Gasteiger charge is 2.41. The van der Waals surface area contributed by atoms with Crippen LogP contribution in [0.1, 0.15) is 12.8 Å². The Morgan fingerprint density at radius 1 is 0.611 bits per heavy atom. The standard InChI is InChI=1S/C17H43NO6Si3.C13H32O4Si3.C4H11NO2/c1-25(2,3)23-27(7,24-26(4,5)6)14-8-13-22-16-17(21)15-18(9-11-19)10-12-20;1-18(2,3)16-20(7,17-19(4,5)6)10-8-9-14-11-13-12-15-13;6-3-1-5-2-4-7/h17,19-21H,8-16H2,1-7H3;13H,8-12H2,1-7H3;5-7H,1-4H2. The van der Waals surface area contributed by atoms with Crippen LogP contribution >= 0.6 is 0 Å². The molecule has 0 amide bonds. The van der Waals surface area contributed by atoms with E-state index in [1.807, 2.05) is 4.90 Å². The summed E-state index contributed by atoms with van der Waals surface area (Å²) in [6.45, 7) is 36.9. The molecule has 0 radical (unpaired) electrons. The van der Waals surface area contributed by atoms with Crippen LogP contribution in [-0.4, -0.2) is 185 Å². The van der Waals surface area contributed by atoms with Crippen molar-refractivity contribution >= 4 is 50.4 Å². The van der Waals surface area contributed by atoms with Crippen molar-refractivity contribution in [3.05, 3.63) is 0 Å². The van der Waals surface area contributed by atoms with Gasteiger partial charge in [-0.25, -0.2) is 0 Å². The molecule has 328 valence electrons. The summed E-state index contributed by atoms with van der Waals surface area (Å²) in [6.07, 6.45) is 1.59. The maximum atomic E-state index is 10.1. The number of aliphatic hydroxyl groups excluding tert-OH is 5. The van der Waals surface area contributed by atoms with Crippen LogP contribution in [0, 0.1) is 0 Å². The van der Waals surface area contributed by atoms with Crippen LogP contribution in [0.4, 0.5) is 0 Å². The monoisotopic (exact) mass is 882 g/mol. The summed E-state index contributed by atoms with van der Waals surface area (Å²) in [4.78, 5) is 1.82. The van der Waals surface area contributed by atoms with Gasteiger partial charge in [-0.3, -0.25) is 4.90 Å². The third kappa shape index (κ3) is 39.6. The Hall–Kier alpha value is 0.741. The molecule has 1 heterocycles. The van der Waals surface area contributed by atoms with Gasteiger partial charge in [0, 0.05) is 45.9 Å². The van der Waals surface area contributed by atoms with Crippen molar-refractivity contribution in [1.82, 2.24) is 10.2 Å². The number of nitrogens with one attached hydrogen (secondary N) is 1. The van der Waals surface area contributed by atoms with Gasteiger partial charge in [-0.2, -0.15) is 0 Å². The van der Waals surface area contributed by atoms with Crippen molar-refractivity contribution in [2.24, 2.45) is 0 Å². The van der Waals surface area contributed by atoms with E-state index in [0.29, 0.717) is 45.4 Å². The van der Waals surface area contributed by atoms with Crippen molar-refractivity contribution < 1.29 is 56.2 Å². The third-order valence-electron chi connectivity index (χ3n) is 6.82. The highest BCUT2D eigenvalue weighted by atomic mass is 28.5. The van der Waals surface area contributed by atoms with Gasteiger partial charge in [-0.05, 0) is 117 Å². The molecule has 1 fully saturated rings. The third-order valence-corrected chi connectivity index (χ3v) is 26.1. The molecule has 20 heteroatoms. The van der Waals surface area contributed by atoms with Crippen LogP contribution in [0.15, 0.2) is 0 Å². The highest BCUT2D eigenvalue weighted by Crippen LogP contribution is 2.27. The van der Waals surface area contributed by atoms with Crippen molar-refractivity contribution in [2.45, 2.75) is 129 Å².